The molecular weight excluding hydrogens is 230 g/mol. The van der Waals surface area contributed by atoms with Crippen molar-refractivity contribution in [1.82, 2.24) is 0 Å². The average Bonchev–Trinajstić information content (AvgIpc) is 3.20. The number of hydrogen-bond acceptors (Lipinski definition) is 1. The van der Waals surface area contributed by atoms with Crippen LogP contribution < -0.4 is 5.73 Å². The van der Waals surface area contributed by atoms with E-state index in [9.17, 15) is 0 Å². The zero-order valence-corrected chi connectivity index (χ0v) is 12.3. The van der Waals surface area contributed by atoms with E-state index in [0.717, 1.165) is 29.6 Å². The summed E-state index contributed by atoms with van der Waals surface area (Å²) in [5.74, 6) is 4.15. The van der Waals surface area contributed by atoms with Gasteiger partial charge in [0, 0.05) is 6.04 Å². The Labute approximate surface area is 117 Å². The second-order valence-corrected chi connectivity index (χ2v) is 7.06. The van der Waals surface area contributed by atoms with E-state index < -0.39 is 0 Å². The van der Waals surface area contributed by atoms with Crippen LogP contribution in [-0.4, -0.2) is 6.04 Å². The normalized spacial score (nSPS) is 38.4. The molecule has 2 saturated carbocycles. The van der Waals surface area contributed by atoms with Crippen molar-refractivity contribution >= 4 is 0 Å². The second-order valence-electron chi connectivity index (χ2n) is 7.06. The highest BCUT2D eigenvalue weighted by Crippen LogP contribution is 2.56. The van der Waals surface area contributed by atoms with Crippen LogP contribution in [-0.2, 0) is 0 Å². The van der Waals surface area contributed by atoms with Gasteiger partial charge in [-0.05, 0) is 60.8 Å². The summed E-state index contributed by atoms with van der Waals surface area (Å²) in [7, 11) is 0. The highest BCUT2D eigenvalue weighted by molar-refractivity contribution is 5.26. The van der Waals surface area contributed by atoms with Crippen LogP contribution in [0.15, 0.2) is 30.3 Å². The molecule has 0 amide bonds. The van der Waals surface area contributed by atoms with Crippen molar-refractivity contribution in [3.8, 4) is 0 Å². The van der Waals surface area contributed by atoms with E-state index in [-0.39, 0.29) is 0 Å². The van der Waals surface area contributed by atoms with Gasteiger partial charge in [-0.15, -0.1) is 0 Å². The molecule has 0 bridgehead atoms. The first-order valence-electron chi connectivity index (χ1n) is 7.97. The fraction of sp³-hybridized carbons (Fsp3) is 0.667. The Balaban J connectivity index is 1.66. The average molecular weight is 257 g/mol. The van der Waals surface area contributed by atoms with E-state index >= 15 is 0 Å². The minimum atomic E-state index is 0.453. The first-order valence-corrected chi connectivity index (χ1v) is 7.97. The van der Waals surface area contributed by atoms with Gasteiger partial charge in [0.25, 0.3) is 0 Å². The summed E-state index contributed by atoms with van der Waals surface area (Å²) in [5.41, 5.74) is 7.96. The van der Waals surface area contributed by atoms with Gasteiger partial charge in [-0.25, -0.2) is 0 Å². The fourth-order valence-corrected chi connectivity index (χ4v) is 4.13. The fourth-order valence-electron chi connectivity index (χ4n) is 4.13. The Morgan fingerprint density at radius 1 is 1.00 bits per heavy atom. The van der Waals surface area contributed by atoms with Gasteiger partial charge in [0.05, 0.1) is 0 Å². The van der Waals surface area contributed by atoms with E-state index in [0.29, 0.717) is 6.04 Å². The smallest absolute Gasteiger partial charge is 0.00702 e. The molecule has 1 aromatic carbocycles. The number of hydrogen-bond donors (Lipinski definition) is 1. The third kappa shape index (κ3) is 2.72. The van der Waals surface area contributed by atoms with Crippen molar-refractivity contribution < 1.29 is 0 Å². The van der Waals surface area contributed by atoms with Crippen molar-refractivity contribution in [2.45, 2.75) is 51.5 Å². The molecule has 3 rings (SSSR count). The molecule has 5 atom stereocenters. The molecule has 0 spiro atoms. The first-order chi connectivity index (χ1) is 9.16. The van der Waals surface area contributed by atoms with E-state index in [1.807, 2.05) is 0 Å². The third-order valence-corrected chi connectivity index (χ3v) is 5.56. The van der Waals surface area contributed by atoms with E-state index in [1.54, 1.807) is 0 Å². The molecule has 0 aliphatic heterocycles. The lowest BCUT2D eigenvalue weighted by Gasteiger charge is -2.36. The Kier molecular flexibility index (Phi) is 3.66. The van der Waals surface area contributed by atoms with Gasteiger partial charge in [-0.3, -0.25) is 0 Å². The van der Waals surface area contributed by atoms with Crippen molar-refractivity contribution in [1.29, 1.82) is 0 Å². The SMILES string of the molecule is CC(C)C1CCC(N)C(C2CC2c2ccccc2)C1. The quantitative estimate of drug-likeness (QED) is 0.863. The van der Waals surface area contributed by atoms with Gasteiger partial charge in [-0.1, -0.05) is 44.2 Å². The molecule has 104 valence electrons. The Morgan fingerprint density at radius 3 is 2.42 bits per heavy atom. The topological polar surface area (TPSA) is 26.0 Å². The molecule has 2 N–H and O–H groups in total. The number of rotatable bonds is 3. The molecule has 0 saturated heterocycles. The van der Waals surface area contributed by atoms with Crippen LogP contribution in [0.3, 0.4) is 0 Å². The highest BCUT2D eigenvalue weighted by atomic mass is 14.7. The lowest BCUT2D eigenvalue weighted by atomic mass is 9.71. The van der Waals surface area contributed by atoms with Gasteiger partial charge in [0.15, 0.2) is 0 Å². The minimum absolute atomic E-state index is 0.453. The van der Waals surface area contributed by atoms with Gasteiger partial charge in [0.1, 0.15) is 0 Å². The van der Waals surface area contributed by atoms with Crippen LogP contribution in [0.25, 0.3) is 0 Å². The largest absolute Gasteiger partial charge is 0.327 e. The predicted octanol–water partition coefficient (Wildman–Crippen LogP) is 4.19. The van der Waals surface area contributed by atoms with Crippen LogP contribution >= 0.6 is 0 Å². The molecule has 5 unspecified atom stereocenters. The van der Waals surface area contributed by atoms with Gasteiger partial charge in [0.2, 0.25) is 0 Å². The van der Waals surface area contributed by atoms with Crippen molar-refractivity contribution in [3.05, 3.63) is 35.9 Å². The zero-order chi connectivity index (χ0) is 13.4. The second kappa shape index (κ2) is 5.28. The van der Waals surface area contributed by atoms with Crippen LogP contribution in [0, 0.1) is 23.7 Å². The summed E-state index contributed by atoms with van der Waals surface area (Å²) in [6.07, 6.45) is 5.32. The van der Waals surface area contributed by atoms with Crippen LogP contribution in [0.5, 0.6) is 0 Å². The lowest BCUT2D eigenvalue weighted by Crippen LogP contribution is -2.38. The standard InChI is InChI=1S/C18H27N/c1-12(2)14-8-9-18(19)17(10-14)16-11-15(16)13-6-4-3-5-7-13/h3-7,12,14-18H,8-11,19H2,1-2H3. The first kappa shape index (κ1) is 13.2. The highest BCUT2D eigenvalue weighted by Gasteiger charge is 2.47. The molecule has 2 aliphatic carbocycles. The number of benzene rings is 1. The third-order valence-electron chi connectivity index (χ3n) is 5.56. The maximum Gasteiger partial charge on any atom is 0.00702 e. The van der Waals surface area contributed by atoms with Crippen molar-refractivity contribution in [2.24, 2.45) is 29.4 Å². The van der Waals surface area contributed by atoms with Gasteiger partial charge in [-0.2, -0.15) is 0 Å². The molecule has 1 nitrogen and oxygen atoms in total. The zero-order valence-electron chi connectivity index (χ0n) is 12.3. The summed E-state index contributed by atoms with van der Waals surface area (Å²) in [6, 6.07) is 11.5. The molecule has 0 heterocycles. The molecule has 2 aliphatic rings. The van der Waals surface area contributed by atoms with Gasteiger partial charge < -0.3 is 5.73 Å². The summed E-state index contributed by atoms with van der Waals surface area (Å²) in [6.45, 7) is 4.75. The summed E-state index contributed by atoms with van der Waals surface area (Å²) < 4.78 is 0. The van der Waals surface area contributed by atoms with Gasteiger partial charge >= 0.3 is 0 Å². The predicted molar refractivity (Wildman–Crippen MR) is 80.9 cm³/mol. The van der Waals surface area contributed by atoms with E-state index in [4.69, 9.17) is 5.73 Å². The number of nitrogens with two attached hydrogens (primary N) is 1. The molecule has 0 radical (unpaired) electrons. The molecule has 2 fully saturated rings. The lowest BCUT2D eigenvalue weighted by molar-refractivity contribution is 0.171. The van der Waals surface area contributed by atoms with Crippen LogP contribution in [0.2, 0.25) is 0 Å². The maximum absolute atomic E-state index is 6.42. The molecule has 19 heavy (non-hydrogen) atoms. The Morgan fingerprint density at radius 2 is 1.74 bits per heavy atom. The summed E-state index contributed by atoms with van der Waals surface area (Å²) >= 11 is 0. The van der Waals surface area contributed by atoms with Crippen LogP contribution in [0.4, 0.5) is 0 Å². The molecule has 0 aromatic heterocycles. The maximum atomic E-state index is 6.42. The van der Waals surface area contributed by atoms with Crippen molar-refractivity contribution in [2.75, 3.05) is 0 Å². The van der Waals surface area contributed by atoms with E-state index in [2.05, 4.69) is 44.2 Å². The summed E-state index contributed by atoms with van der Waals surface area (Å²) in [5, 5.41) is 0. The molecule has 1 heteroatoms. The van der Waals surface area contributed by atoms with Crippen LogP contribution in [0.1, 0.15) is 51.0 Å². The molecule has 1 aromatic rings. The molecular formula is C18H27N. The van der Waals surface area contributed by atoms with E-state index in [1.165, 1.54) is 31.2 Å². The minimum Gasteiger partial charge on any atom is -0.327 e. The monoisotopic (exact) mass is 257 g/mol. The Hall–Kier alpha value is -0.820. The summed E-state index contributed by atoms with van der Waals surface area (Å²) in [4.78, 5) is 0. The Bertz CT molecular complexity index is 411. The van der Waals surface area contributed by atoms with Crippen molar-refractivity contribution in [3.63, 3.8) is 0 Å².